The SMILES string of the molecule is Cc1ccc(S(=O)(=O)N2CCCCCC2)cc1C(=O)Nc1ccccc1C(=O)NCc1ccco1. The van der Waals surface area contributed by atoms with Crippen LogP contribution in [0.1, 0.15) is 57.7 Å². The zero-order chi connectivity index (χ0) is 24.8. The summed E-state index contributed by atoms with van der Waals surface area (Å²) in [5, 5.41) is 5.55. The van der Waals surface area contributed by atoms with E-state index in [0.29, 0.717) is 35.7 Å². The molecule has 184 valence electrons. The zero-order valence-electron chi connectivity index (χ0n) is 19.6. The number of nitrogens with one attached hydrogen (secondary N) is 2. The maximum absolute atomic E-state index is 13.2. The van der Waals surface area contributed by atoms with Crippen molar-refractivity contribution >= 4 is 27.5 Å². The van der Waals surface area contributed by atoms with E-state index in [2.05, 4.69) is 10.6 Å². The predicted molar refractivity (Wildman–Crippen MR) is 133 cm³/mol. The number of benzene rings is 2. The number of carbonyl (C=O) groups excluding carboxylic acids is 2. The number of furan rings is 1. The molecule has 0 saturated carbocycles. The molecule has 4 rings (SSSR count). The number of sulfonamides is 1. The first-order valence-electron chi connectivity index (χ1n) is 11.7. The molecule has 1 fully saturated rings. The summed E-state index contributed by atoms with van der Waals surface area (Å²) in [4.78, 5) is 26.0. The number of carbonyl (C=O) groups is 2. The van der Waals surface area contributed by atoms with Gasteiger partial charge in [0.25, 0.3) is 11.8 Å². The maximum atomic E-state index is 13.2. The Morgan fingerprint density at radius 1 is 0.914 bits per heavy atom. The van der Waals surface area contributed by atoms with E-state index in [-0.39, 0.29) is 22.9 Å². The highest BCUT2D eigenvalue weighted by atomic mass is 32.2. The number of aryl methyl sites for hydroxylation is 1. The lowest BCUT2D eigenvalue weighted by atomic mass is 10.1. The number of anilines is 1. The number of amides is 2. The minimum Gasteiger partial charge on any atom is -0.467 e. The van der Waals surface area contributed by atoms with Crippen LogP contribution in [0.15, 0.2) is 70.2 Å². The molecule has 3 aromatic rings. The molecule has 1 saturated heterocycles. The van der Waals surface area contributed by atoms with E-state index in [9.17, 15) is 18.0 Å². The van der Waals surface area contributed by atoms with Crippen molar-refractivity contribution in [2.24, 2.45) is 0 Å². The molecule has 2 heterocycles. The molecule has 35 heavy (non-hydrogen) atoms. The maximum Gasteiger partial charge on any atom is 0.255 e. The van der Waals surface area contributed by atoms with Gasteiger partial charge in [0, 0.05) is 18.7 Å². The van der Waals surface area contributed by atoms with E-state index < -0.39 is 15.9 Å². The molecular weight excluding hydrogens is 466 g/mol. The van der Waals surface area contributed by atoms with E-state index in [0.717, 1.165) is 25.7 Å². The van der Waals surface area contributed by atoms with E-state index in [1.165, 1.54) is 16.6 Å². The van der Waals surface area contributed by atoms with Crippen LogP contribution in [-0.2, 0) is 16.6 Å². The lowest BCUT2D eigenvalue weighted by molar-refractivity contribution is 0.0949. The van der Waals surface area contributed by atoms with Gasteiger partial charge in [-0.2, -0.15) is 4.31 Å². The molecule has 2 N–H and O–H groups in total. The second-order valence-corrected chi connectivity index (χ2v) is 10.5. The molecule has 0 bridgehead atoms. The molecule has 1 aliphatic rings. The van der Waals surface area contributed by atoms with Crippen molar-refractivity contribution in [3.05, 3.63) is 83.3 Å². The minimum atomic E-state index is -3.70. The van der Waals surface area contributed by atoms with Gasteiger partial charge in [-0.05, 0) is 61.7 Å². The summed E-state index contributed by atoms with van der Waals surface area (Å²) in [6.45, 7) is 2.93. The topological polar surface area (TPSA) is 109 Å². The standard InChI is InChI=1S/C26H29N3O5S/c1-19-12-13-21(35(32,33)29-14-6-2-3-7-15-29)17-23(19)26(31)28-24-11-5-4-10-22(24)25(30)27-18-20-9-8-16-34-20/h4-5,8-13,16-17H,2-3,6-7,14-15,18H2,1H3,(H,27,30)(H,28,31). The molecule has 0 radical (unpaired) electrons. The molecule has 2 amide bonds. The van der Waals surface area contributed by atoms with Crippen molar-refractivity contribution in [2.45, 2.75) is 44.0 Å². The quantitative estimate of drug-likeness (QED) is 0.507. The molecule has 2 aromatic carbocycles. The summed E-state index contributed by atoms with van der Waals surface area (Å²) < 4.78 is 33.2. The van der Waals surface area contributed by atoms with Crippen LogP contribution in [0.25, 0.3) is 0 Å². The Morgan fingerprint density at radius 2 is 1.66 bits per heavy atom. The Bertz CT molecular complexity index is 1290. The minimum absolute atomic E-state index is 0.0969. The number of hydrogen-bond donors (Lipinski definition) is 2. The highest BCUT2D eigenvalue weighted by molar-refractivity contribution is 7.89. The average molecular weight is 496 g/mol. The van der Waals surface area contributed by atoms with Crippen molar-refractivity contribution in [2.75, 3.05) is 18.4 Å². The van der Waals surface area contributed by atoms with Crippen LogP contribution >= 0.6 is 0 Å². The Hall–Kier alpha value is -3.43. The van der Waals surface area contributed by atoms with E-state index in [1.807, 2.05) is 0 Å². The van der Waals surface area contributed by atoms with Gasteiger partial charge in [-0.3, -0.25) is 9.59 Å². The Balaban J connectivity index is 1.54. The second kappa shape index (κ2) is 10.9. The first kappa shape index (κ1) is 24.7. The zero-order valence-corrected chi connectivity index (χ0v) is 20.4. The molecule has 0 unspecified atom stereocenters. The van der Waals surface area contributed by atoms with E-state index in [1.54, 1.807) is 55.5 Å². The fourth-order valence-electron chi connectivity index (χ4n) is 4.09. The van der Waals surface area contributed by atoms with Gasteiger partial charge in [-0.15, -0.1) is 0 Å². The van der Waals surface area contributed by atoms with Gasteiger partial charge in [0.2, 0.25) is 10.0 Å². The Kier molecular flexibility index (Phi) is 7.67. The van der Waals surface area contributed by atoms with Crippen molar-refractivity contribution < 1.29 is 22.4 Å². The van der Waals surface area contributed by atoms with Crippen LogP contribution in [0.2, 0.25) is 0 Å². The third-order valence-corrected chi connectivity index (χ3v) is 7.97. The van der Waals surface area contributed by atoms with Crippen LogP contribution in [0.4, 0.5) is 5.69 Å². The fraction of sp³-hybridized carbons (Fsp3) is 0.308. The molecule has 0 aliphatic carbocycles. The van der Waals surface area contributed by atoms with Gasteiger partial charge in [0.15, 0.2) is 0 Å². The normalized spacial score (nSPS) is 14.8. The highest BCUT2D eigenvalue weighted by Gasteiger charge is 2.26. The monoisotopic (exact) mass is 495 g/mol. The van der Waals surface area contributed by atoms with Crippen LogP contribution in [-0.4, -0.2) is 37.6 Å². The van der Waals surface area contributed by atoms with Crippen molar-refractivity contribution in [1.82, 2.24) is 9.62 Å². The van der Waals surface area contributed by atoms with Crippen LogP contribution < -0.4 is 10.6 Å². The second-order valence-electron chi connectivity index (χ2n) is 8.56. The molecule has 1 aromatic heterocycles. The third-order valence-electron chi connectivity index (χ3n) is 6.08. The number of rotatable bonds is 7. The van der Waals surface area contributed by atoms with Gasteiger partial charge in [0.05, 0.1) is 29.0 Å². The van der Waals surface area contributed by atoms with Gasteiger partial charge in [-0.1, -0.05) is 31.0 Å². The van der Waals surface area contributed by atoms with Crippen molar-refractivity contribution in [3.8, 4) is 0 Å². The lowest BCUT2D eigenvalue weighted by Gasteiger charge is -2.20. The fourth-order valence-corrected chi connectivity index (χ4v) is 5.64. The summed E-state index contributed by atoms with van der Waals surface area (Å²) in [6.07, 6.45) is 5.22. The smallest absolute Gasteiger partial charge is 0.255 e. The molecule has 0 atom stereocenters. The third kappa shape index (κ3) is 5.80. The Morgan fingerprint density at radius 3 is 2.37 bits per heavy atom. The molecule has 0 spiro atoms. The highest BCUT2D eigenvalue weighted by Crippen LogP contribution is 2.24. The van der Waals surface area contributed by atoms with E-state index >= 15 is 0 Å². The molecule has 8 nitrogen and oxygen atoms in total. The van der Waals surface area contributed by atoms with Gasteiger partial charge >= 0.3 is 0 Å². The van der Waals surface area contributed by atoms with Gasteiger partial charge in [0.1, 0.15) is 5.76 Å². The largest absolute Gasteiger partial charge is 0.467 e. The molecule has 1 aliphatic heterocycles. The predicted octanol–water partition coefficient (Wildman–Crippen LogP) is 4.34. The first-order chi connectivity index (χ1) is 16.9. The average Bonchev–Trinajstić information content (AvgIpc) is 3.22. The number of para-hydroxylation sites is 1. The summed E-state index contributed by atoms with van der Waals surface area (Å²) in [5.41, 5.74) is 1.50. The first-order valence-corrected chi connectivity index (χ1v) is 13.1. The van der Waals surface area contributed by atoms with Crippen molar-refractivity contribution in [1.29, 1.82) is 0 Å². The van der Waals surface area contributed by atoms with Crippen LogP contribution in [0.3, 0.4) is 0 Å². The summed E-state index contributed by atoms with van der Waals surface area (Å²) in [5.74, 6) is -0.244. The lowest BCUT2D eigenvalue weighted by Crippen LogP contribution is -2.32. The van der Waals surface area contributed by atoms with Crippen LogP contribution in [0.5, 0.6) is 0 Å². The number of hydrogen-bond acceptors (Lipinski definition) is 5. The molecular formula is C26H29N3O5S. The summed E-state index contributed by atoms with van der Waals surface area (Å²) >= 11 is 0. The van der Waals surface area contributed by atoms with Gasteiger partial charge in [-0.25, -0.2) is 8.42 Å². The summed E-state index contributed by atoms with van der Waals surface area (Å²) in [7, 11) is -3.70. The Labute approximate surface area is 205 Å². The number of nitrogens with zero attached hydrogens (tertiary/aromatic N) is 1. The molecule has 9 heteroatoms. The summed E-state index contributed by atoms with van der Waals surface area (Å²) in [6, 6.07) is 14.8. The van der Waals surface area contributed by atoms with Crippen LogP contribution in [0, 0.1) is 6.92 Å². The van der Waals surface area contributed by atoms with E-state index in [4.69, 9.17) is 4.42 Å². The van der Waals surface area contributed by atoms with Crippen molar-refractivity contribution in [3.63, 3.8) is 0 Å². The van der Waals surface area contributed by atoms with Gasteiger partial charge < -0.3 is 15.1 Å².